The van der Waals surface area contributed by atoms with E-state index in [-0.39, 0.29) is 23.9 Å². The summed E-state index contributed by atoms with van der Waals surface area (Å²) in [6, 6.07) is 16.0. The molecule has 1 fully saturated rings. The lowest BCUT2D eigenvalue weighted by atomic mass is 9.89. The van der Waals surface area contributed by atoms with Crippen molar-refractivity contribution in [3.8, 4) is 0 Å². The van der Waals surface area contributed by atoms with Crippen molar-refractivity contribution in [2.45, 2.75) is 37.8 Å². The highest BCUT2D eigenvalue weighted by Crippen LogP contribution is 2.38. The van der Waals surface area contributed by atoms with E-state index in [2.05, 4.69) is 10.6 Å². The molecular formula is C26H31ClN4O2. The molecule has 0 aromatic heterocycles. The van der Waals surface area contributed by atoms with Crippen LogP contribution in [0, 0.1) is 0 Å². The van der Waals surface area contributed by atoms with Crippen LogP contribution in [0.5, 0.6) is 0 Å². The van der Waals surface area contributed by atoms with Crippen LogP contribution >= 0.6 is 11.6 Å². The molecule has 2 aromatic rings. The zero-order valence-electron chi connectivity index (χ0n) is 19.4. The summed E-state index contributed by atoms with van der Waals surface area (Å²) in [5, 5.41) is 7.24. The second kappa shape index (κ2) is 9.98. The lowest BCUT2D eigenvalue weighted by Gasteiger charge is -2.36. The standard InChI is InChI=1S/C26H31ClN4O2/c1-30(2)16-23(32)31(3)20-12-10-19(11-13-20)28-25(17-7-5-4-6-8-17)24-21-14-9-18(27)15-22(21)29-26(24)33/h4-9,14-15,19-20,28H,10-13,16H2,1-3H3,(H,29,33)/b25-24-/t19-,20+. The number of nitrogens with zero attached hydrogens (tertiary/aromatic N) is 2. The Morgan fingerprint density at radius 2 is 1.76 bits per heavy atom. The van der Waals surface area contributed by atoms with Crippen LogP contribution in [0.4, 0.5) is 5.69 Å². The summed E-state index contributed by atoms with van der Waals surface area (Å²) < 4.78 is 0. The van der Waals surface area contributed by atoms with Gasteiger partial charge in [-0.1, -0.05) is 48.0 Å². The number of amides is 2. The van der Waals surface area contributed by atoms with Gasteiger partial charge in [0.15, 0.2) is 0 Å². The number of benzene rings is 2. The van der Waals surface area contributed by atoms with Gasteiger partial charge in [0.25, 0.3) is 5.91 Å². The lowest BCUT2D eigenvalue weighted by molar-refractivity contribution is -0.133. The zero-order valence-corrected chi connectivity index (χ0v) is 20.2. The second-order valence-corrected chi connectivity index (χ2v) is 9.59. The number of likely N-dealkylation sites (N-methyl/N-ethyl adjacent to an activating group) is 2. The van der Waals surface area contributed by atoms with Crippen molar-refractivity contribution >= 4 is 40.4 Å². The summed E-state index contributed by atoms with van der Waals surface area (Å²) in [4.78, 5) is 29.3. The van der Waals surface area contributed by atoms with Crippen LogP contribution in [0.15, 0.2) is 48.5 Å². The van der Waals surface area contributed by atoms with E-state index in [1.54, 1.807) is 6.07 Å². The van der Waals surface area contributed by atoms with Crippen molar-refractivity contribution < 1.29 is 9.59 Å². The maximum Gasteiger partial charge on any atom is 0.258 e. The van der Waals surface area contributed by atoms with Crippen molar-refractivity contribution in [3.63, 3.8) is 0 Å². The van der Waals surface area contributed by atoms with Crippen molar-refractivity contribution in [3.05, 3.63) is 64.7 Å². The number of rotatable bonds is 6. The van der Waals surface area contributed by atoms with Gasteiger partial charge in [0, 0.05) is 29.7 Å². The van der Waals surface area contributed by atoms with Crippen molar-refractivity contribution in [1.82, 2.24) is 15.1 Å². The van der Waals surface area contributed by atoms with Gasteiger partial charge in [-0.2, -0.15) is 0 Å². The van der Waals surface area contributed by atoms with E-state index in [0.29, 0.717) is 17.1 Å². The summed E-state index contributed by atoms with van der Waals surface area (Å²) in [6.07, 6.45) is 3.73. The summed E-state index contributed by atoms with van der Waals surface area (Å²) in [5.41, 5.74) is 4.06. The number of anilines is 1. The maximum absolute atomic E-state index is 13.0. The first-order valence-corrected chi connectivity index (χ1v) is 11.8. The molecule has 0 bridgehead atoms. The quantitative estimate of drug-likeness (QED) is 0.629. The smallest absolute Gasteiger partial charge is 0.258 e. The van der Waals surface area contributed by atoms with Gasteiger partial charge in [0.2, 0.25) is 5.91 Å². The SMILES string of the molecule is CN(C)CC(=O)N(C)[C@H]1CC[C@@H](N/C(=C2\C(=O)Nc3cc(Cl)ccc32)c2ccccc2)CC1. The number of fused-ring (bicyclic) bond motifs is 1. The van der Waals surface area contributed by atoms with Gasteiger partial charge in [-0.25, -0.2) is 0 Å². The molecule has 0 saturated heterocycles. The Bertz CT molecular complexity index is 1060. The Morgan fingerprint density at radius 1 is 1.06 bits per heavy atom. The summed E-state index contributed by atoms with van der Waals surface area (Å²) >= 11 is 6.15. The molecule has 6 nitrogen and oxygen atoms in total. The summed E-state index contributed by atoms with van der Waals surface area (Å²) in [6.45, 7) is 0.428. The monoisotopic (exact) mass is 466 g/mol. The minimum atomic E-state index is -0.124. The van der Waals surface area contributed by atoms with Gasteiger partial charge < -0.3 is 20.4 Å². The van der Waals surface area contributed by atoms with Gasteiger partial charge in [-0.15, -0.1) is 0 Å². The molecule has 2 aliphatic rings. The third-order valence-electron chi connectivity index (χ3n) is 6.48. The Hall–Kier alpha value is -2.83. The molecule has 1 aliphatic heterocycles. The number of carbonyl (C=O) groups excluding carboxylic acids is 2. The fraction of sp³-hybridized carbons (Fsp3) is 0.385. The number of carbonyl (C=O) groups is 2. The van der Waals surface area contributed by atoms with E-state index in [1.807, 2.05) is 73.4 Å². The van der Waals surface area contributed by atoms with E-state index in [4.69, 9.17) is 11.6 Å². The first kappa shape index (κ1) is 23.3. The van der Waals surface area contributed by atoms with Crippen LogP contribution in [-0.2, 0) is 9.59 Å². The van der Waals surface area contributed by atoms with E-state index in [1.165, 1.54) is 0 Å². The molecule has 0 spiro atoms. The van der Waals surface area contributed by atoms with Crippen molar-refractivity contribution in [2.24, 2.45) is 0 Å². The molecule has 0 atom stereocenters. The largest absolute Gasteiger partial charge is 0.381 e. The van der Waals surface area contributed by atoms with Crippen LogP contribution in [0.25, 0.3) is 11.3 Å². The van der Waals surface area contributed by atoms with Crippen LogP contribution in [-0.4, -0.2) is 61.4 Å². The number of halogens is 1. The Balaban J connectivity index is 1.55. The average molecular weight is 467 g/mol. The van der Waals surface area contributed by atoms with Crippen LogP contribution in [0.3, 0.4) is 0 Å². The highest BCUT2D eigenvalue weighted by Gasteiger charge is 2.31. The molecule has 0 unspecified atom stereocenters. The van der Waals surface area contributed by atoms with Gasteiger partial charge >= 0.3 is 0 Å². The third-order valence-corrected chi connectivity index (χ3v) is 6.71. The number of nitrogens with one attached hydrogen (secondary N) is 2. The normalized spacial score (nSPS) is 21.4. The average Bonchev–Trinajstić information content (AvgIpc) is 3.12. The molecule has 2 amide bonds. The van der Waals surface area contributed by atoms with Crippen LogP contribution < -0.4 is 10.6 Å². The highest BCUT2D eigenvalue weighted by molar-refractivity contribution is 6.38. The number of hydrogen-bond acceptors (Lipinski definition) is 4. The zero-order chi connectivity index (χ0) is 23.5. The molecule has 0 radical (unpaired) electrons. The minimum Gasteiger partial charge on any atom is -0.381 e. The van der Waals surface area contributed by atoms with Gasteiger partial charge in [-0.05, 0) is 57.5 Å². The molecule has 1 heterocycles. The first-order valence-electron chi connectivity index (χ1n) is 11.4. The van der Waals surface area contributed by atoms with Gasteiger partial charge in [-0.3, -0.25) is 9.59 Å². The van der Waals surface area contributed by atoms with E-state index in [0.717, 1.165) is 48.2 Å². The molecule has 2 N–H and O–H groups in total. The maximum atomic E-state index is 13.0. The third kappa shape index (κ3) is 5.23. The molecule has 7 heteroatoms. The van der Waals surface area contributed by atoms with Gasteiger partial charge in [0.05, 0.1) is 23.5 Å². The first-order chi connectivity index (χ1) is 15.8. The van der Waals surface area contributed by atoms with Crippen LogP contribution in [0.1, 0.15) is 36.8 Å². The highest BCUT2D eigenvalue weighted by atomic mass is 35.5. The fourth-order valence-corrected chi connectivity index (χ4v) is 4.87. The lowest BCUT2D eigenvalue weighted by Crippen LogP contribution is -2.45. The minimum absolute atomic E-state index is 0.124. The number of hydrogen-bond donors (Lipinski definition) is 2. The predicted octanol–water partition coefficient (Wildman–Crippen LogP) is 4.08. The van der Waals surface area contributed by atoms with Crippen molar-refractivity contribution in [2.75, 3.05) is 33.0 Å². The van der Waals surface area contributed by atoms with Crippen LogP contribution in [0.2, 0.25) is 5.02 Å². The summed E-state index contributed by atoms with van der Waals surface area (Å²) in [5.74, 6) is 0.0303. The molecule has 2 aromatic carbocycles. The summed E-state index contributed by atoms with van der Waals surface area (Å²) in [7, 11) is 5.74. The molecular weight excluding hydrogens is 436 g/mol. The fourth-order valence-electron chi connectivity index (χ4n) is 4.70. The van der Waals surface area contributed by atoms with Gasteiger partial charge in [0.1, 0.15) is 0 Å². The predicted molar refractivity (Wildman–Crippen MR) is 134 cm³/mol. The Kier molecular flexibility index (Phi) is 7.05. The van der Waals surface area contributed by atoms with Crippen molar-refractivity contribution in [1.29, 1.82) is 0 Å². The van der Waals surface area contributed by atoms with E-state index < -0.39 is 0 Å². The Labute approximate surface area is 200 Å². The molecule has 174 valence electrons. The second-order valence-electron chi connectivity index (χ2n) is 9.15. The molecule has 1 aliphatic carbocycles. The molecule has 1 saturated carbocycles. The molecule has 33 heavy (non-hydrogen) atoms. The molecule has 4 rings (SSSR count). The topological polar surface area (TPSA) is 64.7 Å². The Morgan fingerprint density at radius 3 is 2.42 bits per heavy atom. The van der Waals surface area contributed by atoms with E-state index in [9.17, 15) is 9.59 Å². The van der Waals surface area contributed by atoms with E-state index >= 15 is 0 Å².